The van der Waals surface area contributed by atoms with Gasteiger partial charge in [-0.15, -0.1) is 0 Å². The second-order valence-electron chi connectivity index (χ2n) is 7.13. The van der Waals surface area contributed by atoms with E-state index in [-0.39, 0.29) is 17.8 Å². The molecule has 1 aromatic carbocycles. The third-order valence-corrected chi connectivity index (χ3v) is 5.39. The molecule has 27 heavy (non-hydrogen) atoms. The summed E-state index contributed by atoms with van der Waals surface area (Å²) in [5, 5.41) is 3.59. The van der Waals surface area contributed by atoms with E-state index < -0.39 is 6.04 Å². The van der Waals surface area contributed by atoms with Crippen LogP contribution in [-0.2, 0) is 20.9 Å². The van der Waals surface area contributed by atoms with Crippen LogP contribution in [0.25, 0.3) is 0 Å². The highest BCUT2D eigenvalue weighted by Crippen LogP contribution is 2.13. The topological polar surface area (TPSA) is 61.9 Å². The van der Waals surface area contributed by atoms with Crippen molar-refractivity contribution in [3.05, 3.63) is 34.9 Å². The Kier molecular flexibility index (Phi) is 8.54. The minimum Gasteiger partial charge on any atom is -0.467 e. The van der Waals surface area contributed by atoms with Crippen LogP contribution in [0.1, 0.15) is 25.8 Å². The van der Waals surface area contributed by atoms with Crippen LogP contribution in [0.2, 0.25) is 5.02 Å². The number of nitrogens with one attached hydrogen (secondary N) is 1. The SMILES string of the molecule is CC[C@H](C)[C@H](NC(=O)CN1CCN(Cc2ccc(Cl)cc2)CC1)C(=O)OC. The van der Waals surface area contributed by atoms with Gasteiger partial charge in [-0.05, 0) is 23.6 Å². The van der Waals surface area contributed by atoms with Gasteiger partial charge < -0.3 is 10.1 Å². The van der Waals surface area contributed by atoms with Crippen molar-refractivity contribution in [3.8, 4) is 0 Å². The lowest BCUT2D eigenvalue weighted by atomic mass is 9.99. The lowest BCUT2D eigenvalue weighted by Crippen LogP contribution is -2.52. The van der Waals surface area contributed by atoms with Crippen molar-refractivity contribution >= 4 is 23.5 Å². The molecular formula is C20H30ClN3O3. The summed E-state index contributed by atoms with van der Waals surface area (Å²) in [7, 11) is 1.35. The molecule has 0 bridgehead atoms. The highest BCUT2D eigenvalue weighted by molar-refractivity contribution is 6.30. The second-order valence-corrected chi connectivity index (χ2v) is 7.57. The minimum atomic E-state index is -0.585. The van der Waals surface area contributed by atoms with Gasteiger partial charge in [-0.3, -0.25) is 14.6 Å². The van der Waals surface area contributed by atoms with Gasteiger partial charge in [-0.25, -0.2) is 4.79 Å². The van der Waals surface area contributed by atoms with Crippen LogP contribution in [0.3, 0.4) is 0 Å². The lowest BCUT2D eigenvalue weighted by molar-refractivity contribution is -0.146. The number of hydrogen-bond donors (Lipinski definition) is 1. The predicted octanol–water partition coefficient (Wildman–Crippen LogP) is 2.16. The number of rotatable bonds is 8. The van der Waals surface area contributed by atoms with E-state index in [9.17, 15) is 9.59 Å². The van der Waals surface area contributed by atoms with E-state index in [1.165, 1.54) is 12.7 Å². The molecule has 1 aliphatic heterocycles. The minimum absolute atomic E-state index is 0.0395. The standard InChI is InChI=1S/C20H30ClN3O3/c1-4-15(2)19(20(26)27-3)22-18(25)14-24-11-9-23(10-12-24)13-16-5-7-17(21)8-6-16/h5-8,15,19H,4,9-14H2,1-3H3,(H,22,25)/t15-,19-/m0/s1. The molecule has 1 fully saturated rings. The Morgan fingerprint density at radius 1 is 1.15 bits per heavy atom. The molecule has 1 saturated heterocycles. The molecule has 7 heteroatoms. The number of hydrogen-bond acceptors (Lipinski definition) is 5. The highest BCUT2D eigenvalue weighted by atomic mass is 35.5. The Labute approximate surface area is 166 Å². The number of halogens is 1. The van der Waals surface area contributed by atoms with Crippen LogP contribution >= 0.6 is 11.6 Å². The summed E-state index contributed by atoms with van der Waals surface area (Å²) in [6.45, 7) is 8.59. The third-order valence-electron chi connectivity index (χ3n) is 5.14. The van der Waals surface area contributed by atoms with Gasteiger partial charge in [0.2, 0.25) is 5.91 Å². The van der Waals surface area contributed by atoms with Crippen LogP contribution in [0.4, 0.5) is 0 Å². The van der Waals surface area contributed by atoms with E-state index >= 15 is 0 Å². The molecule has 2 atom stereocenters. The van der Waals surface area contributed by atoms with Crippen LogP contribution < -0.4 is 5.32 Å². The predicted molar refractivity (Wildman–Crippen MR) is 107 cm³/mol. The summed E-state index contributed by atoms with van der Waals surface area (Å²) in [5.74, 6) is -0.472. The molecule has 1 heterocycles. The molecule has 2 rings (SSSR count). The van der Waals surface area contributed by atoms with E-state index in [2.05, 4.69) is 15.1 Å². The van der Waals surface area contributed by atoms with Gasteiger partial charge in [0.15, 0.2) is 0 Å². The van der Waals surface area contributed by atoms with Crippen LogP contribution in [0.5, 0.6) is 0 Å². The average Bonchev–Trinajstić information content (AvgIpc) is 2.68. The van der Waals surface area contributed by atoms with Gasteiger partial charge in [-0.2, -0.15) is 0 Å². The molecule has 1 amide bonds. The molecule has 150 valence electrons. The maximum atomic E-state index is 12.4. The highest BCUT2D eigenvalue weighted by Gasteiger charge is 2.27. The summed E-state index contributed by atoms with van der Waals surface area (Å²) < 4.78 is 4.82. The van der Waals surface area contributed by atoms with E-state index in [4.69, 9.17) is 16.3 Å². The van der Waals surface area contributed by atoms with Crippen molar-refractivity contribution in [3.63, 3.8) is 0 Å². The molecule has 1 aromatic rings. The van der Waals surface area contributed by atoms with Crippen molar-refractivity contribution in [1.82, 2.24) is 15.1 Å². The molecule has 0 saturated carbocycles. The number of benzene rings is 1. The zero-order chi connectivity index (χ0) is 19.8. The summed E-state index contributed by atoms with van der Waals surface area (Å²) >= 11 is 5.93. The summed E-state index contributed by atoms with van der Waals surface area (Å²) in [6.07, 6.45) is 0.795. The Balaban J connectivity index is 1.77. The molecule has 0 aliphatic carbocycles. The number of nitrogens with zero attached hydrogens (tertiary/aromatic N) is 2. The summed E-state index contributed by atoms with van der Waals surface area (Å²) in [4.78, 5) is 28.8. The Morgan fingerprint density at radius 3 is 2.30 bits per heavy atom. The molecular weight excluding hydrogens is 366 g/mol. The number of carbonyl (C=O) groups is 2. The number of ether oxygens (including phenoxy) is 1. The smallest absolute Gasteiger partial charge is 0.328 e. The zero-order valence-corrected chi connectivity index (χ0v) is 17.2. The van der Waals surface area contributed by atoms with Gasteiger partial charge in [0.1, 0.15) is 6.04 Å². The quantitative estimate of drug-likeness (QED) is 0.683. The third kappa shape index (κ3) is 6.79. The van der Waals surface area contributed by atoms with Crippen molar-refractivity contribution in [2.45, 2.75) is 32.9 Å². The molecule has 6 nitrogen and oxygen atoms in total. The van der Waals surface area contributed by atoms with E-state index in [1.54, 1.807) is 0 Å². The summed E-state index contributed by atoms with van der Waals surface area (Å²) in [5.41, 5.74) is 1.24. The maximum absolute atomic E-state index is 12.4. The molecule has 1 N–H and O–H groups in total. The molecule has 0 spiro atoms. The first-order valence-corrected chi connectivity index (χ1v) is 9.87. The molecule has 1 aliphatic rings. The molecule has 0 aromatic heterocycles. The van der Waals surface area contributed by atoms with Crippen LogP contribution in [0, 0.1) is 5.92 Å². The van der Waals surface area contributed by atoms with Gasteiger partial charge in [0, 0.05) is 37.7 Å². The number of methoxy groups -OCH3 is 1. The van der Waals surface area contributed by atoms with Gasteiger partial charge >= 0.3 is 5.97 Å². The van der Waals surface area contributed by atoms with Gasteiger partial charge in [-0.1, -0.05) is 44.0 Å². The van der Waals surface area contributed by atoms with Gasteiger partial charge in [0.05, 0.1) is 13.7 Å². The van der Waals surface area contributed by atoms with Gasteiger partial charge in [0.25, 0.3) is 0 Å². The normalized spacial score (nSPS) is 17.9. The first kappa shape index (κ1) is 21.7. The largest absolute Gasteiger partial charge is 0.467 e. The Bertz CT molecular complexity index is 615. The lowest BCUT2D eigenvalue weighted by Gasteiger charge is -2.34. The van der Waals surface area contributed by atoms with Crippen molar-refractivity contribution in [1.29, 1.82) is 0 Å². The van der Waals surface area contributed by atoms with Crippen LogP contribution in [-0.4, -0.2) is 67.6 Å². The Hall–Kier alpha value is -1.63. The van der Waals surface area contributed by atoms with Crippen molar-refractivity contribution in [2.24, 2.45) is 5.92 Å². The second kappa shape index (κ2) is 10.6. The maximum Gasteiger partial charge on any atom is 0.328 e. The number of amides is 1. The first-order chi connectivity index (χ1) is 12.9. The molecule has 0 unspecified atom stereocenters. The molecule has 0 radical (unpaired) electrons. The first-order valence-electron chi connectivity index (χ1n) is 9.49. The zero-order valence-electron chi connectivity index (χ0n) is 16.4. The van der Waals surface area contributed by atoms with E-state index in [0.717, 1.165) is 44.2 Å². The number of carbonyl (C=O) groups excluding carboxylic acids is 2. The number of esters is 1. The van der Waals surface area contributed by atoms with Crippen LogP contribution in [0.15, 0.2) is 24.3 Å². The van der Waals surface area contributed by atoms with E-state index in [0.29, 0.717) is 6.54 Å². The summed E-state index contributed by atoms with van der Waals surface area (Å²) in [6, 6.07) is 7.33. The fourth-order valence-electron chi connectivity index (χ4n) is 3.17. The Morgan fingerprint density at radius 2 is 1.74 bits per heavy atom. The van der Waals surface area contributed by atoms with Crippen molar-refractivity contribution in [2.75, 3.05) is 39.8 Å². The fourth-order valence-corrected chi connectivity index (χ4v) is 3.30. The fraction of sp³-hybridized carbons (Fsp3) is 0.600. The number of piperazine rings is 1. The van der Waals surface area contributed by atoms with E-state index in [1.807, 2.05) is 38.1 Å². The van der Waals surface area contributed by atoms with Crippen molar-refractivity contribution < 1.29 is 14.3 Å². The monoisotopic (exact) mass is 395 g/mol. The average molecular weight is 396 g/mol.